The number of unbranched alkanes of at least 4 members (excludes halogenated alkanes) is 3. The molecule has 0 atom stereocenters. The van der Waals surface area contributed by atoms with E-state index >= 15 is 0 Å². The number of para-hydroxylation sites is 1. The minimum atomic E-state index is -3.68. The van der Waals surface area contributed by atoms with Gasteiger partial charge in [-0.25, -0.2) is 8.42 Å². The Morgan fingerprint density at radius 2 is 1.80 bits per heavy atom. The molecular weight excluding hydrogens is 528 g/mol. The van der Waals surface area contributed by atoms with Crippen molar-refractivity contribution in [1.82, 2.24) is 0 Å². The molecule has 0 fully saturated rings. The molecule has 3 aromatic carbocycles. The molecule has 6 nitrogen and oxygen atoms in total. The number of halogens is 1. The molecule has 0 aliphatic carbocycles. The Morgan fingerprint density at radius 3 is 2.57 bits per heavy atom. The monoisotopic (exact) mass is 556 g/mol. The van der Waals surface area contributed by atoms with Gasteiger partial charge < -0.3 is 10.1 Å². The van der Waals surface area contributed by atoms with Crippen LogP contribution in [0.2, 0.25) is 0 Å². The van der Waals surface area contributed by atoms with Gasteiger partial charge in [0.2, 0.25) is 0 Å². The Balaban J connectivity index is 1.46. The topological polar surface area (TPSA) is 75.7 Å². The first-order valence-corrected chi connectivity index (χ1v) is 14.1. The maximum Gasteiger partial charge on any atom is 0.264 e. The van der Waals surface area contributed by atoms with E-state index in [1.54, 1.807) is 24.3 Å². The lowest BCUT2D eigenvalue weighted by molar-refractivity contribution is 0.102. The highest BCUT2D eigenvalue weighted by molar-refractivity contribution is 9.10. The zero-order valence-corrected chi connectivity index (χ0v) is 22.1. The first-order valence-electron chi connectivity index (χ1n) is 11.8. The molecule has 8 heteroatoms. The number of nitrogens with zero attached hydrogens (tertiary/aromatic N) is 1. The second kappa shape index (κ2) is 11.3. The average Bonchev–Trinajstić information content (AvgIpc) is 3.30. The fourth-order valence-corrected chi connectivity index (χ4v) is 5.97. The van der Waals surface area contributed by atoms with E-state index in [2.05, 4.69) is 28.2 Å². The van der Waals surface area contributed by atoms with E-state index in [1.807, 2.05) is 30.3 Å². The molecule has 184 valence electrons. The molecule has 1 heterocycles. The van der Waals surface area contributed by atoms with Crippen molar-refractivity contribution in [3.63, 3.8) is 0 Å². The first-order chi connectivity index (χ1) is 16.9. The van der Waals surface area contributed by atoms with E-state index in [0.717, 1.165) is 41.4 Å². The van der Waals surface area contributed by atoms with Gasteiger partial charge in [0.25, 0.3) is 15.9 Å². The fourth-order valence-electron chi connectivity index (χ4n) is 4.11. The maximum atomic E-state index is 13.2. The summed E-state index contributed by atoms with van der Waals surface area (Å²) in [4.78, 5) is 13.2. The number of carbonyl (C=O) groups is 1. The summed E-state index contributed by atoms with van der Waals surface area (Å²) in [6, 6.07) is 19.2. The van der Waals surface area contributed by atoms with Crippen LogP contribution in [0.5, 0.6) is 5.75 Å². The molecule has 0 bridgehead atoms. The predicted octanol–water partition coefficient (Wildman–Crippen LogP) is 6.41. The van der Waals surface area contributed by atoms with Gasteiger partial charge in [-0.2, -0.15) is 0 Å². The SMILES string of the molecule is CCCCCCOc1ccc(Br)cc1C(=O)Nc1ccc(S(=O)(=O)N2CCc3ccccc32)cc1. The van der Waals surface area contributed by atoms with Crippen LogP contribution in [0, 0.1) is 0 Å². The van der Waals surface area contributed by atoms with Gasteiger partial charge in [-0.3, -0.25) is 9.10 Å². The standard InChI is InChI=1S/C27H29BrN2O4S/c1-2-3-4-7-18-34-26-15-10-21(28)19-24(26)27(31)29-22-11-13-23(14-12-22)35(32,33)30-17-16-20-8-5-6-9-25(20)30/h5-6,8-15,19H,2-4,7,16-18H2,1H3,(H,29,31). The summed E-state index contributed by atoms with van der Waals surface area (Å²) in [5.74, 6) is 0.202. The molecule has 1 amide bonds. The van der Waals surface area contributed by atoms with Crippen LogP contribution in [0.1, 0.15) is 48.5 Å². The molecule has 3 aromatic rings. The summed E-state index contributed by atoms with van der Waals surface area (Å²) in [5, 5.41) is 2.85. The van der Waals surface area contributed by atoms with Gasteiger partial charge in [0.05, 0.1) is 22.8 Å². The van der Waals surface area contributed by atoms with Crippen molar-refractivity contribution in [2.24, 2.45) is 0 Å². The molecule has 0 saturated heterocycles. The van der Waals surface area contributed by atoms with E-state index in [4.69, 9.17) is 4.74 Å². The molecule has 35 heavy (non-hydrogen) atoms. The number of hydrogen-bond donors (Lipinski definition) is 1. The van der Waals surface area contributed by atoms with Crippen molar-refractivity contribution in [3.05, 3.63) is 82.3 Å². The zero-order valence-electron chi connectivity index (χ0n) is 19.7. The summed E-state index contributed by atoms with van der Waals surface area (Å²) in [6.45, 7) is 3.13. The third-order valence-electron chi connectivity index (χ3n) is 5.99. The predicted molar refractivity (Wildman–Crippen MR) is 143 cm³/mol. The van der Waals surface area contributed by atoms with Crippen molar-refractivity contribution in [2.75, 3.05) is 22.8 Å². The quantitative estimate of drug-likeness (QED) is 0.292. The third kappa shape index (κ3) is 5.87. The molecule has 0 saturated carbocycles. The first kappa shape index (κ1) is 25.3. The highest BCUT2D eigenvalue weighted by Crippen LogP contribution is 2.33. The summed E-state index contributed by atoms with van der Waals surface area (Å²) in [6.07, 6.45) is 5.03. The van der Waals surface area contributed by atoms with E-state index in [0.29, 0.717) is 36.6 Å². The normalized spacial score (nSPS) is 12.9. The number of hydrogen-bond acceptors (Lipinski definition) is 4. The summed E-state index contributed by atoms with van der Waals surface area (Å²) < 4.78 is 34.5. The average molecular weight is 558 g/mol. The van der Waals surface area contributed by atoms with Crippen molar-refractivity contribution >= 4 is 43.2 Å². The number of anilines is 2. The fraction of sp³-hybridized carbons (Fsp3) is 0.296. The van der Waals surface area contributed by atoms with Gasteiger partial charge in [0, 0.05) is 16.7 Å². The summed E-state index contributed by atoms with van der Waals surface area (Å²) in [7, 11) is -3.68. The molecule has 4 rings (SSSR count). The lowest BCUT2D eigenvalue weighted by Gasteiger charge is -2.19. The van der Waals surface area contributed by atoms with Gasteiger partial charge in [0.1, 0.15) is 5.75 Å². The molecule has 0 aromatic heterocycles. The third-order valence-corrected chi connectivity index (χ3v) is 8.31. The van der Waals surface area contributed by atoms with Crippen LogP contribution in [0.15, 0.2) is 76.1 Å². The smallest absolute Gasteiger partial charge is 0.264 e. The second-order valence-corrected chi connectivity index (χ2v) is 11.3. The Kier molecular flexibility index (Phi) is 8.13. The lowest BCUT2D eigenvalue weighted by Crippen LogP contribution is -2.29. The zero-order chi connectivity index (χ0) is 24.8. The van der Waals surface area contributed by atoms with Crippen LogP contribution in [-0.2, 0) is 16.4 Å². The number of amides is 1. The van der Waals surface area contributed by atoms with Crippen molar-refractivity contribution < 1.29 is 17.9 Å². The highest BCUT2D eigenvalue weighted by atomic mass is 79.9. The van der Waals surface area contributed by atoms with Gasteiger partial charge >= 0.3 is 0 Å². The number of nitrogens with one attached hydrogen (secondary N) is 1. The lowest BCUT2D eigenvalue weighted by atomic mass is 10.1. The van der Waals surface area contributed by atoms with Crippen LogP contribution >= 0.6 is 15.9 Å². The molecule has 0 unspecified atom stereocenters. The van der Waals surface area contributed by atoms with Crippen molar-refractivity contribution in [1.29, 1.82) is 0 Å². The number of fused-ring (bicyclic) bond motifs is 1. The van der Waals surface area contributed by atoms with Crippen molar-refractivity contribution in [2.45, 2.75) is 43.9 Å². The Hall–Kier alpha value is -2.84. The molecule has 0 spiro atoms. The van der Waals surface area contributed by atoms with E-state index in [1.165, 1.54) is 16.4 Å². The largest absolute Gasteiger partial charge is 0.493 e. The molecule has 0 radical (unpaired) electrons. The van der Waals surface area contributed by atoms with Crippen molar-refractivity contribution in [3.8, 4) is 5.75 Å². The maximum absolute atomic E-state index is 13.2. The number of ether oxygens (including phenoxy) is 1. The molecule has 1 aliphatic rings. The van der Waals surface area contributed by atoms with Crippen LogP contribution in [-0.4, -0.2) is 27.5 Å². The van der Waals surface area contributed by atoms with Gasteiger partial charge in [-0.1, -0.05) is 60.3 Å². The minimum absolute atomic E-state index is 0.186. The molecule has 1 aliphatic heterocycles. The number of rotatable bonds is 10. The van der Waals surface area contributed by atoms with Crippen LogP contribution in [0.25, 0.3) is 0 Å². The van der Waals surface area contributed by atoms with E-state index in [-0.39, 0.29) is 10.8 Å². The Morgan fingerprint density at radius 1 is 1.03 bits per heavy atom. The summed E-state index contributed by atoms with van der Waals surface area (Å²) >= 11 is 3.42. The van der Waals surface area contributed by atoms with Gasteiger partial charge in [-0.15, -0.1) is 0 Å². The number of benzene rings is 3. The van der Waals surface area contributed by atoms with E-state index < -0.39 is 10.0 Å². The van der Waals surface area contributed by atoms with Crippen LogP contribution in [0.4, 0.5) is 11.4 Å². The Bertz CT molecular complexity index is 1290. The van der Waals surface area contributed by atoms with Gasteiger partial charge in [0.15, 0.2) is 0 Å². The van der Waals surface area contributed by atoms with Crippen LogP contribution < -0.4 is 14.4 Å². The highest BCUT2D eigenvalue weighted by Gasteiger charge is 2.30. The number of carbonyl (C=O) groups excluding carboxylic acids is 1. The molecular formula is C27H29BrN2O4S. The minimum Gasteiger partial charge on any atom is -0.493 e. The van der Waals surface area contributed by atoms with E-state index in [9.17, 15) is 13.2 Å². The summed E-state index contributed by atoms with van der Waals surface area (Å²) in [5.41, 5.74) is 2.67. The van der Waals surface area contributed by atoms with Gasteiger partial charge in [-0.05, 0) is 66.9 Å². The second-order valence-electron chi connectivity index (χ2n) is 8.48. The number of sulfonamides is 1. The Labute approximate surface area is 215 Å². The van der Waals surface area contributed by atoms with Crippen LogP contribution in [0.3, 0.4) is 0 Å². The molecule has 1 N–H and O–H groups in total.